The SMILES string of the molecule is COc1cc(C(=O)OCc2nnc(-c3ccccc3)o2)ccc1OCC(=O)Nc1ccc(F)cc1. The molecule has 0 spiro atoms. The van der Waals surface area contributed by atoms with E-state index in [1.807, 2.05) is 30.3 Å². The zero-order valence-corrected chi connectivity index (χ0v) is 18.6. The summed E-state index contributed by atoms with van der Waals surface area (Å²) >= 11 is 0. The molecule has 0 bridgehead atoms. The highest BCUT2D eigenvalue weighted by molar-refractivity contribution is 5.92. The number of rotatable bonds is 9. The van der Waals surface area contributed by atoms with Gasteiger partial charge in [-0.1, -0.05) is 18.2 Å². The Kier molecular flexibility index (Phi) is 7.31. The van der Waals surface area contributed by atoms with Gasteiger partial charge in [0.15, 0.2) is 24.7 Å². The van der Waals surface area contributed by atoms with Crippen LogP contribution in [0.4, 0.5) is 10.1 Å². The zero-order chi connectivity index (χ0) is 24.6. The molecule has 0 radical (unpaired) electrons. The van der Waals surface area contributed by atoms with Crippen molar-refractivity contribution in [3.8, 4) is 23.0 Å². The van der Waals surface area contributed by atoms with Gasteiger partial charge in [-0.05, 0) is 54.6 Å². The molecule has 10 heteroatoms. The number of carbonyl (C=O) groups is 2. The molecular weight excluding hydrogens is 457 g/mol. The van der Waals surface area contributed by atoms with Crippen molar-refractivity contribution in [1.29, 1.82) is 0 Å². The Morgan fingerprint density at radius 2 is 1.74 bits per heavy atom. The van der Waals surface area contributed by atoms with Gasteiger partial charge in [0, 0.05) is 11.3 Å². The van der Waals surface area contributed by atoms with Crippen LogP contribution in [-0.2, 0) is 16.1 Å². The van der Waals surface area contributed by atoms with Gasteiger partial charge < -0.3 is 23.9 Å². The monoisotopic (exact) mass is 477 g/mol. The molecule has 0 aliphatic heterocycles. The molecule has 35 heavy (non-hydrogen) atoms. The summed E-state index contributed by atoms with van der Waals surface area (Å²) in [7, 11) is 1.40. The van der Waals surface area contributed by atoms with E-state index in [9.17, 15) is 14.0 Å². The minimum absolute atomic E-state index is 0.149. The summed E-state index contributed by atoms with van der Waals surface area (Å²) in [5.41, 5.74) is 1.39. The van der Waals surface area contributed by atoms with Crippen LogP contribution in [-0.4, -0.2) is 35.8 Å². The normalized spacial score (nSPS) is 10.5. The standard InChI is InChI=1S/C25H20FN3O6/c1-32-21-13-17(7-12-20(21)33-14-22(30)27-19-10-8-18(26)9-11-19)25(31)34-15-23-28-29-24(35-23)16-5-3-2-4-6-16/h2-13H,14-15H2,1H3,(H,27,30). The Balaban J connectivity index is 1.32. The third kappa shape index (κ3) is 6.20. The van der Waals surface area contributed by atoms with Crippen molar-refractivity contribution in [3.05, 3.63) is 90.1 Å². The number of methoxy groups -OCH3 is 1. The molecule has 4 rings (SSSR count). The molecule has 3 aromatic carbocycles. The molecule has 0 aliphatic rings. The van der Waals surface area contributed by atoms with Crippen LogP contribution in [0.3, 0.4) is 0 Å². The number of aromatic nitrogens is 2. The van der Waals surface area contributed by atoms with Crippen molar-refractivity contribution in [2.24, 2.45) is 0 Å². The number of benzene rings is 3. The van der Waals surface area contributed by atoms with Crippen LogP contribution in [0.25, 0.3) is 11.5 Å². The van der Waals surface area contributed by atoms with Crippen LogP contribution in [0, 0.1) is 5.82 Å². The zero-order valence-electron chi connectivity index (χ0n) is 18.6. The number of halogens is 1. The summed E-state index contributed by atoms with van der Waals surface area (Å²) in [6, 6.07) is 18.9. The Morgan fingerprint density at radius 1 is 0.971 bits per heavy atom. The molecule has 0 saturated carbocycles. The largest absolute Gasteiger partial charge is 0.493 e. The van der Waals surface area contributed by atoms with Crippen LogP contribution in [0.5, 0.6) is 11.5 Å². The van der Waals surface area contributed by atoms with Gasteiger partial charge in [0.1, 0.15) is 5.82 Å². The lowest BCUT2D eigenvalue weighted by molar-refractivity contribution is -0.118. The van der Waals surface area contributed by atoms with Crippen LogP contribution < -0.4 is 14.8 Å². The van der Waals surface area contributed by atoms with Gasteiger partial charge in [-0.3, -0.25) is 4.79 Å². The summed E-state index contributed by atoms with van der Waals surface area (Å²) in [4.78, 5) is 24.6. The molecule has 4 aromatic rings. The Bertz CT molecular complexity index is 1310. The lowest BCUT2D eigenvalue weighted by atomic mass is 10.2. The van der Waals surface area contributed by atoms with Gasteiger partial charge >= 0.3 is 5.97 Å². The number of carbonyl (C=O) groups excluding carboxylic acids is 2. The highest BCUT2D eigenvalue weighted by atomic mass is 19.1. The van der Waals surface area contributed by atoms with E-state index < -0.39 is 17.7 Å². The predicted molar refractivity (Wildman–Crippen MR) is 122 cm³/mol. The molecule has 178 valence electrons. The first-order valence-corrected chi connectivity index (χ1v) is 10.4. The molecule has 1 heterocycles. The number of anilines is 1. The number of hydrogen-bond acceptors (Lipinski definition) is 8. The van der Waals surface area contributed by atoms with Crippen molar-refractivity contribution in [2.75, 3.05) is 19.0 Å². The van der Waals surface area contributed by atoms with Crippen molar-refractivity contribution >= 4 is 17.6 Å². The molecule has 1 amide bonds. The van der Waals surface area contributed by atoms with Crippen LogP contribution >= 0.6 is 0 Å². The van der Waals surface area contributed by atoms with Gasteiger partial charge in [0.25, 0.3) is 11.8 Å². The number of nitrogens with zero attached hydrogens (tertiary/aromatic N) is 2. The molecule has 0 unspecified atom stereocenters. The molecule has 0 aliphatic carbocycles. The second kappa shape index (κ2) is 10.9. The fourth-order valence-electron chi connectivity index (χ4n) is 3.01. The van der Waals surface area contributed by atoms with E-state index in [0.717, 1.165) is 5.56 Å². The maximum atomic E-state index is 13.0. The molecule has 0 fully saturated rings. The maximum absolute atomic E-state index is 13.0. The minimum Gasteiger partial charge on any atom is -0.493 e. The van der Waals surface area contributed by atoms with E-state index in [1.54, 1.807) is 0 Å². The highest BCUT2D eigenvalue weighted by Crippen LogP contribution is 2.28. The van der Waals surface area contributed by atoms with E-state index in [4.69, 9.17) is 18.6 Å². The number of nitrogens with one attached hydrogen (secondary N) is 1. The van der Waals surface area contributed by atoms with Crippen molar-refractivity contribution < 1.29 is 32.6 Å². The number of amides is 1. The lowest BCUT2D eigenvalue weighted by Crippen LogP contribution is -2.20. The topological polar surface area (TPSA) is 113 Å². The molecule has 1 N–H and O–H groups in total. The third-order valence-corrected chi connectivity index (χ3v) is 4.70. The van der Waals surface area contributed by atoms with Gasteiger partial charge in [0.05, 0.1) is 12.7 Å². The van der Waals surface area contributed by atoms with E-state index in [-0.39, 0.29) is 36.2 Å². The summed E-state index contributed by atoms with van der Waals surface area (Å²) in [6.07, 6.45) is 0. The summed E-state index contributed by atoms with van der Waals surface area (Å²) in [5.74, 6) is -0.531. The van der Waals surface area contributed by atoms with Crippen LogP contribution in [0.2, 0.25) is 0 Å². The second-order valence-electron chi connectivity index (χ2n) is 7.15. The highest BCUT2D eigenvalue weighted by Gasteiger charge is 2.16. The molecule has 0 atom stereocenters. The van der Waals surface area contributed by atoms with Gasteiger partial charge in [-0.25, -0.2) is 9.18 Å². The first-order chi connectivity index (χ1) is 17.0. The van der Waals surface area contributed by atoms with Crippen molar-refractivity contribution in [1.82, 2.24) is 10.2 Å². The van der Waals surface area contributed by atoms with E-state index in [0.29, 0.717) is 11.6 Å². The molecule has 9 nitrogen and oxygen atoms in total. The molecule has 1 aromatic heterocycles. The number of esters is 1. The van der Waals surface area contributed by atoms with E-state index in [1.165, 1.54) is 49.6 Å². The first kappa shape index (κ1) is 23.4. The van der Waals surface area contributed by atoms with Gasteiger partial charge in [-0.2, -0.15) is 0 Å². The van der Waals surface area contributed by atoms with Crippen LogP contribution in [0.15, 0.2) is 77.2 Å². The van der Waals surface area contributed by atoms with Gasteiger partial charge in [0.2, 0.25) is 5.89 Å². The summed E-state index contributed by atoms with van der Waals surface area (Å²) < 4.78 is 34.5. The Hall–Kier alpha value is -4.73. The van der Waals surface area contributed by atoms with Crippen molar-refractivity contribution in [2.45, 2.75) is 6.61 Å². The van der Waals surface area contributed by atoms with E-state index in [2.05, 4.69) is 15.5 Å². The average Bonchev–Trinajstić information content (AvgIpc) is 3.37. The summed E-state index contributed by atoms with van der Waals surface area (Å²) in [6.45, 7) is -0.527. The van der Waals surface area contributed by atoms with E-state index >= 15 is 0 Å². The quantitative estimate of drug-likeness (QED) is 0.356. The molecule has 0 saturated heterocycles. The summed E-state index contributed by atoms with van der Waals surface area (Å²) in [5, 5.41) is 10.4. The number of hydrogen-bond donors (Lipinski definition) is 1. The smallest absolute Gasteiger partial charge is 0.338 e. The minimum atomic E-state index is -0.636. The first-order valence-electron chi connectivity index (χ1n) is 10.4. The Labute approximate surface area is 199 Å². The lowest BCUT2D eigenvalue weighted by Gasteiger charge is -2.12. The van der Waals surface area contributed by atoms with Gasteiger partial charge in [-0.15, -0.1) is 10.2 Å². The maximum Gasteiger partial charge on any atom is 0.338 e. The fraction of sp³-hybridized carbons (Fsp3) is 0.120. The molecular formula is C25H20FN3O6. The third-order valence-electron chi connectivity index (χ3n) is 4.70. The average molecular weight is 477 g/mol. The Morgan fingerprint density at radius 3 is 2.49 bits per heavy atom. The van der Waals surface area contributed by atoms with Crippen molar-refractivity contribution in [3.63, 3.8) is 0 Å². The fourth-order valence-corrected chi connectivity index (χ4v) is 3.01. The van der Waals surface area contributed by atoms with Crippen LogP contribution in [0.1, 0.15) is 16.2 Å². The second-order valence-corrected chi connectivity index (χ2v) is 7.15. The predicted octanol–water partition coefficient (Wildman–Crippen LogP) is 4.26. The number of ether oxygens (including phenoxy) is 3.